The summed E-state index contributed by atoms with van der Waals surface area (Å²) in [6, 6.07) is 10.9. The minimum Gasteiger partial charge on any atom is -0.494 e. The summed E-state index contributed by atoms with van der Waals surface area (Å²) in [5, 5.41) is 2.59. The van der Waals surface area contributed by atoms with Gasteiger partial charge in [-0.05, 0) is 35.7 Å². The molecule has 3 aromatic carbocycles. The third-order valence-electron chi connectivity index (χ3n) is 5.05. The quantitative estimate of drug-likeness (QED) is 0.543. The van der Waals surface area contributed by atoms with Gasteiger partial charge in [-0.25, -0.2) is 17.2 Å². The van der Waals surface area contributed by atoms with Crippen LogP contribution in [-0.4, -0.2) is 28.0 Å². The molecule has 1 aliphatic rings. The molecular weight excluding hydrogens is 462 g/mol. The summed E-state index contributed by atoms with van der Waals surface area (Å²) < 4.78 is 62.7. The Morgan fingerprint density at radius 2 is 1.78 bits per heavy atom. The molecule has 4 bridgehead atoms. The van der Waals surface area contributed by atoms with E-state index in [0.29, 0.717) is 23.6 Å². The standard InChI is InChI=1S/C22H17ClF2N2O4S/c1-31-21-16(23)8-13-9-20(21)32(29,30)27-19-10-15(17(24)11-18(19)25)14-5-3-2-4-12(14)6-7-26-22(13)28/h2-5,8-11,27H,6-7H2,1H3,(H,26,28). The molecule has 0 atom stereocenters. The molecular formula is C22H17ClF2N2O4S. The number of carbonyl (C=O) groups excluding carboxylic acids is 1. The van der Waals surface area contributed by atoms with Gasteiger partial charge < -0.3 is 10.1 Å². The minimum atomic E-state index is -4.47. The Labute approximate surface area is 188 Å². The molecule has 0 saturated heterocycles. The summed E-state index contributed by atoms with van der Waals surface area (Å²) in [6.45, 7) is 0.190. The van der Waals surface area contributed by atoms with Crippen LogP contribution in [0.5, 0.6) is 5.75 Å². The van der Waals surface area contributed by atoms with Gasteiger partial charge in [-0.2, -0.15) is 0 Å². The number of carbonyl (C=O) groups is 1. The normalized spacial score (nSPS) is 15.1. The summed E-state index contributed by atoms with van der Waals surface area (Å²) >= 11 is 6.16. The fourth-order valence-corrected chi connectivity index (χ4v) is 5.17. The van der Waals surface area contributed by atoms with Gasteiger partial charge in [0.05, 0.1) is 17.8 Å². The Balaban J connectivity index is 1.98. The number of rotatable bonds is 1. The van der Waals surface area contributed by atoms with Crippen molar-refractivity contribution in [3.8, 4) is 16.9 Å². The zero-order valence-electron chi connectivity index (χ0n) is 16.7. The van der Waals surface area contributed by atoms with Crippen molar-refractivity contribution in [2.75, 3.05) is 18.4 Å². The van der Waals surface area contributed by atoms with Gasteiger partial charge in [-0.3, -0.25) is 9.52 Å². The van der Waals surface area contributed by atoms with Gasteiger partial charge in [0.1, 0.15) is 16.5 Å². The summed E-state index contributed by atoms with van der Waals surface area (Å²) in [7, 11) is -3.26. The van der Waals surface area contributed by atoms with E-state index in [1.54, 1.807) is 24.3 Å². The molecule has 0 fully saturated rings. The van der Waals surface area contributed by atoms with Gasteiger partial charge in [-0.1, -0.05) is 35.9 Å². The topological polar surface area (TPSA) is 84.5 Å². The smallest absolute Gasteiger partial charge is 0.265 e. The Kier molecular flexibility index (Phi) is 5.79. The molecule has 0 aromatic heterocycles. The third kappa shape index (κ3) is 4.01. The molecule has 0 saturated carbocycles. The minimum absolute atomic E-state index is 0.0122. The number of methoxy groups -OCH3 is 1. The first kappa shape index (κ1) is 22.0. The molecule has 2 N–H and O–H groups in total. The summed E-state index contributed by atoms with van der Waals surface area (Å²) in [4.78, 5) is 12.2. The van der Waals surface area contributed by atoms with Crippen LogP contribution in [0, 0.1) is 11.6 Å². The zero-order chi connectivity index (χ0) is 23.0. The molecule has 4 rings (SSSR count). The lowest BCUT2D eigenvalue weighted by Gasteiger charge is -2.18. The molecule has 32 heavy (non-hydrogen) atoms. The Bertz CT molecular complexity index is 1350. The molecule has 0 unspecified atom stereocenters. The van der Waals surface area contributed by atoms with Gasteiger partial charge in [0, 0.05) is 23.7 Å². The van der Waals surface area contributed by atoms with Crippen LogP contribution >= 0.6 is 11.6 Å². The van der Waals surface area contributed by atoms with Crippen LogP contribution in [-0.2, 0) is 16.4 Å². The van der Waals surface area contributed by atoms with E-state index >= 15 is 0 Å². The summed E-state index contributed by atoms with van der Waals surface area (Å²) in [6.07, 6.45) is 0.358. The lowest BCUT2D eigenvalue weighted by molar-refractivity contribution is 0.0954. The van der Waals surface area contributed by atoms with Crippen molar-refractivity contribution < 1.29 is 26.7 Å². The average molecular weight is 479 g/mol. The van der Waals surface area contributed by atoms with Crippen LogP contribution in [0.1, 0.15) is 15.9 Å². The van der Waals surface area contributed by atoms with Crippen LogP contribution in [0.25, 0.3) is 11.1 Å². The number of hydrogen-bond acceptors (Lipinski definition) is 4. The SMILES string of the molecule is COc1c(Cl)cc2cc1S(=O)(=O)Nc1cc(c(F)cc1F)-c1ccccc1CCNC2=O. The molecule has 1 aliphatic heterocycles. The number of amides is 1. The first-order valence-corrected chi connectivity index (χ1v) is 11.3. The molecule has 10 heteroatoms. The van der Waals surface area contributed by atoms with Crippen LogP contribution in [0.15, 0.2) is 53.4 Å². The van der Waals surface area contributed by atoms with Crippen molar-refractivity contribution in [1.82, 2.24) is 5.32 Å². The third-order valence-corrected chi connectivity index (χ3v) is 6.71. The fraction of sp³-hybridized carbons (Fsp3) is 0.136. The number of hydrogen-bond donors (Lipinski definition) is 2. The highest BCUT2D eigenvalue weighted by atomic mass is 35.5. The first-order chi connectivity index (χ1) is 15.2. The second-order valence-electron chi connectivity index (χ2n) is 7.07. The lowest BCUT2D eigenvalue weighted by atomic mass is 9.96. The molecule has 1 amide bonds. The Morgan fingerprint density at radius 3 is 2.53 bits per heavy atom. The summed E-state index contributed by atoms with van der Waals surface area (Å²) in [5.41, 5.74) is 0.693. The largest absolute Gasteiger partial charge is 0.494 e. The van der Waals surface area contributed by atoms with Crippen LogP contribution in [0.4, 0.5) is 14.5 Å². The van der Waals surface area contributed by atoms with Crippen molar-refractivity contribution in [2.24, 2.45) is 0 Å². The van der Waals surface area contributed by atoms with E-state index in [1.165, 1.54) is 13.2 Å². The maximum absolute atomic E-state index is 14.7. The highest BCUT2D eigenvalue weighted by molar-refractivity contribution is 7.92. The molecule has 3 aromatic rings. The molecule has 6 nitrogen and oxygen atoms in total. The Morgan fingerprint density at radius 1 is 1.03 bits per heavy atom. The van der Waals surface area contributed by atoms with E-state index in [9.17, 15) is 22.0 Å². The van der Waals surface area contributed by atoms with E-state index in [0.717, 1.165) is 12.1 Å². The van der Waals surface area contributed by atoms with E-state index < -0.39 is 38.1 Å². The Hall–Kier alpha value is -3.17. The maximum Gasteiger partial charge on any atom is 0.265 e. The number of fused-ring (bicyclic) bond motifs is 6. The van der Waals surface area contributed by atoms with Crippen LogP contribution < -0.4 is 14.8 Å². The average Bonchev–Trinajstić information content (AvgIpc) is 2.75. The number of nitrogens with one attached hydrogen (secondary N) is 2. The highest BCUT2D eigenvalue weighted by Crippen LogP contribution is 2.36. The lowest BCUT2D eigenvalue weighted by Crippen LogP contribution is -2.26. The number of sulfonamides is 1. The number of ether oxygens (including phenoxy) is 1. The van der Waals surface area contributed by atoms with E-state index in [1.807, 2.05) is 0 Å². The van der Waals surface area contributed by atoms with Crippen LogP contribution in [0.3, 0.4) is 0 Å². The zero-order valence-corrected chi connectivity index (χ0v) is 18.3. The first-order valence-electron chi connectivity index (χ1n) is 9.47. The fourth-order valence-electron chi connectivity index (χ4n) is 3.54. The van der Waals surface area contributed by atoms with Gasteiger partial charge in [0.15, 0.2) is 5.75 Å². The highest BCUT2D eigenvalue weighted by Gasteiger charge is 2.27. The van der Waals surface area contributed by atoms with Gasteiger partial charge in [-0.15, -0.1) is 0 Å². The van der Waals surface area contributed by atoms with E-state index in [2.05, 4.69) is 10.0 Å². The molecule has 0 spiro atoms. The van der Waals surface area contributed by atoms with E-state index in [4.69, 9.17) is 16.3 Å². The van der Waals surface area contributed by atoms with Crippen molar-refractivity contribution in [2.45, 2.75) is 11.3 Å². The number of halogens is 3. The van der Waals surface area contributed by atoms with Crippen molar-refractivity contribution >= 4 is 33.2 Å². The van der Waals surface area contributed by atoms with Gasteiger partial charge in [0.25, 0.3) is 15.9 Å². The molecule has 166 valence electrons. The van der Waals surface area contributed by atoms with E-state index in [-0.39, 0.29) is 28.4 Å². The predicted molar refractivity (Wildman–Crippen MR) is 117 cm³/mol. The van der Waals surface area contributed by atoms with Crippen LogP contribution in [0.2, 0.25) is 5.02 Å². The van der Waals surface area contributed by atoms with Gasteiger partial charge >= 0.3 is 0 Å². The monoisotopic (exact) mass is 478 g/mol. The molecule has 0 radical (unpaired) electrons. The van der Waals surface area contributed by atoms with Crippen molar-refractivity contribution in [1.29, 1.82) is 0 Å². The number of benzene rings is 3. The second-order valence-corrected chi connectivity index (χ2v) is 9.13. The van der Waals surface area contributed by atoms with Crippen molar-refractivity contribution in [3.05, 3.63) is 76.3 Å². The predicted octanol–water partition coefficient (Wildman–Crippen LogP) is 4.38. The maximum atomic E-state index is 14.7. The summed E-state index contributed by atoms with van der Waals surface area (Å²) in [5.74, 6) is -2.72. The molecule has 0 aliphatic carbocycles. The molecule has 1 heterocycles. The van der Waals surface area contributed by atoms with Crippen molar-refractivity contribution in [3.63, 3.8) is 0 Å². The second kappa shape index (κ2) is 8.40. The number of anilines is 1. The van der Waals surface area contributed by atoms with Gasteiger partial charge in [0.2, 0.25) is 0 Å².